The molecule has 0 heterocycles. The number of carboxylic acid groups (broad SMARTS) is 1. The number of ether oxygens (including phenoxy) is 2. The van der Waals surface area contributed by atoms with Gasteiger partial charge in [0.15, 0.2) is 0 Å². The third-order valence-electron chi connectivity index (χ3n) is 2.30. The Balaban J connectivity index is 4.82. The van der Waals surface area contributed by atoms with Gasteiger partial charge in [-0.25, -0.2) is 9.59 Å². The van der Waals surface area contributed by atoms with Crippen LogP contribution >= 0.6 is 0 Å². The Bertz CT molecular complexity index is 442. The highest BCUT2D eigenvalue weighted by Gasteiger charge is 2.28. The molecular formula is C13H22N2O7. The number of carbonyl (C=O) groups excluding carboxylic acids is 3. The molecule has 0 aromatic rings. The predicted molar refractivity (Wildman–Crippen MR) is 75.0 cm³/mol. The minimum Gasteiger partial charge on any atom is -0.481 e. The third kappa shape index (κ3) is 8.08. The van der Waals surface area contributed by atoms with Crippen molar-refractivity contribution in [1.29, 1.82) is 0 Å². The van der Waals surface area contributed by atoms with E-state index in [1.165, 1.54) is 6.92 Å². The zero-order valence-corrected chi connectivity index (χ0v) is 13.3. The van der Waals surface area contributed by atoms with Gasteiger partial charge in [-0.05, 0) is 27.7 Å². The Hall–Kier alpha value is -2.32. The highest BCUT2D eigenvalue weighted by Crippen LogP contribution is 2.07. The second-order valence-corrected chi connectivity index (χ2v) is 5.55. The molecule has 9 heteroatoms. The van der Waals surface area contributed by atoms with E-state index in [9.17, 15) is 19.2 Å². The molecule has 0 aliphatic heterocycles. The molecule has 0 saturated carbocycles. The summed E-state index contributed by atoms with van der Waals surface area (Å²) in [4.78, 5) is 45.6. The summed E-state index contributed by atoms with van der Waals surface area (Å²) in [6.07, 6.45) is -1.58. The second kappa shape index (κ2) is 8.20. The lowest BCUT2D eigenvalue weighted by atomic mass is 10.1. The summed E-state index contributed by atoms with van der Waals surface area (Å²) in [5.74, 6) is -2.81. The van der Waals surface area contributed by atoms with E-state index in [1.54, 1.807) is 20.8 Å². The Kier molecular flexibility index (Phi) is 7.34. The fourth-order valence-electron chi connectivity index (χ4n) is 1.38. The van der Waals surface area contributed by atoms with Crippen molar-refractivity contribution in [3.8, 4) is 0 Å². The van der Waals surface area contributed by atoms with Crippen LogP contribution in [0, 0.1) is 0 Å². The van der Waals surface area contributed by atoms with Crippen LogP contribution in [0.4, 0.5) is 4.79 Å². The number of nitrogens with one attached hydrogen (secondary N) is 2. The lowest BCUT2D eigenvalue weighted by Gasteiger charge is -2.23. The molecule has 0 aliphatic rings. The molecule has 0 bridgehead atoms. The standard InChI is InChI=1S/C13H22N2O7/c1-7(11(19)21-5)14-10(18)8(6-9(16)17)15-12(20)22-13(2,3)4/h7-8H,6H2,1-5H3,(H,14,18)(H,15,20)(H,16,17)/t7-,8+/m0/s1. The van der Waals surface area contributed by atoms with Gasteiger partial charge in [-0.15, -0.1) is 0 Å². The van der Waals surface area contributed by atoms with Gasteiger partial charge in [-0.1, -0.05) is 0 Å². The van der Waals surface area contributed by atoms with E-state index in [2.05, 4.69) is 15.4 Å². The highest BCUT2D eigenvalue weighted by molar-refractivity contribution is 5.91. The Morgan fingerprint density at radius 1 is 1.14 bits per heavy atom. The smallest absolute Gasteiger partial charge is 0.408 e. The van der Waals surface area contributed by atoms with Gasteiger partial charge < -0.3 is 25.2 Å². The summed E-state index contributed by atoms with van der Waals surface area (Å²) >= 11 is 0. The minimum absolute atomic E-state index is 0.654. The SMILES string of the molecule is COC(=O)[C@H](C)NC(=O)[C@@H](CC(=O)O)NC(=O)OC(C)(C)C. The molecule has 3 N–H and O–H groups in total. The van der Waals surface area contributed by atoms with Crippen LogP contribution in [0.1, 0.15) is 34.1 Å². The third-order valence-corrected chi connectivity index (χ3v) is 2.30. The molecular weight excluding hydrogens is 296 g/mol. The molecule has 0 aliphatic carbocycles. The monoisotopic (exact) mass is 318 g/mol. The Morgan fingerprint density at radius 2 is 1.68 bits per heavy atom. The molecule has 126 valence electrons. The van der Waals surface area contributed by atoms with Gasteiger partial charge in [0.1, 0.15) is 17.7 Å². The molecule has 2 amide bonds. The summed E-state index contributed by atoms with van der Waals surface area (Å²) < 4.78 is 9.40. The number of amides is 2. The summed E-state index contributed by atoms with van der Waals surface area (Å²) in [5.41, 5.74) is -0.798. The van der Waals surface area contributed by atoms with E-state index in [-0.39, 0.29) is 0 Å². The van der Waals surface area contributed by atoms with Crippen LogP contribution in [0.2, 0.25) is 0 Å². The Labute approximate surface area is 128 Å². The van der Waals surface area contributed by atoms with E-state index in [0.29, 0.717) is 0 Å². The van der Waals surface area contributed by atoms with Gasteiger partial charge in [0.25, 0.3) is 0 Å². The maximum absolute atomic E-state index is 12.0. The van der Waals surface area contributed by atoms with Crippen molar-refractivity contribution in [2.45, 2.75) is 51.8 Å². The molecule has 22 heavy (non-hydrogen) atoms. The van der Waals surface area contributed by atoms with Crippen LogP contribution in [0.15, 0.2) is 0 Å². The number of alkyl carbamates (subject to hydrolysis) is 1. The van der Waals surface area contributed by atoms with Crippen LogP contribution in [0.5, 0.6) is 0 Å². The number of hydrogen-bond acceptors (Lipinski definition) is 6. The molecule has 0 aromatic carbocycles. The first kappa shape index (κ1) is 19.7. The topological polar surface area (TPSA) is 131 Å². The van der Waals surface area contributed by atoms with Gasteiger partial charge in [0, 0.05) is 0 Å². The molecule has 0 rings (SSSR count). The normalized spacial score (nSPS) is 13.5. The molecule has 0 spiro atoms. The minimum atomic E-state index is -1.38. The maximum atomic E-state index is 12.0. The first-order valence-electron chi connectivity index (χ1n) is 6.55. The molecule has 0 fully saturated rings. The average molecular weight is 318 g/mol. The fraction of sp³-hybridized carbons (Fsp3) is 0.692. The van der Waals surface area contributed by atoms with Gasteiger partial charge in [0.05, 0.1) is 13.5 Å². The van der Waals surface area contributed by atoms with Crippen molar-refractivity contribution >= 4 is 23.9 Å². The number of methoxy groups -OCH3 is 1. The Morgan fingerprint density at radius 3 is 2.09 bits per heavy atom. The lowest BCUT2D eigenvalue weighted by molar-refractivity contribution is -0.145. The molecule has 0 unspecified atom stereocenters. The molecule has 0 saturated heterocycles. The van der Waals surface area contributed by atoms with Crippen LogP contribution < -0.4 is 10.6 Å². The van der Waals surface area contributed by atoms with Crippen molar-refractivity contribution in [3.05, 3.63) is 0 Å². The van der Waals surface area contributed by atoms with Gasteiger partial charge in [0.2, 0.25) is 5.91 Å². The van der Waals surface area contributed by atoms with Gasteiger partial charge in [-0.3, -0.25) is 9.59 Å². The summed E-state index contributed by atoms with van der Waals surface area (Å²) in [6, 6.07) is -2.35. The largest absolute Gasteiger partial charge is 0.481 e. The van der Waals surface area contributed by atoms with E-state index < -0.39 is 48.0 Å². The van der Waals surface area contributed by atoms with Crippen LogP contribution in [0.3, 0.4) is 0 Å². The number of esters is 1. The molecule has 0 radical (unpaired) electrons. The zero-order valence-electron chi connectivity index (χ0n) is 13.3. The zero-order chi connectivity index (χ0) is 17.5. The molecule has 2 atom stereocenters. The first-order valence-corrected chi connectivity index (χ1v) is 6.55. The number of carboxylic acids is 1. The number of rotatable bonds is 6. The summed E-state index contributed by atoms with van der Waals surface area (Å²) in [5, 5.41) is 13.2. The maximum Gasteiger partial charge on any atom is 0.408 e. The van der Waals surface area contributed by atoms with E-state index in [4.69, 9.17) is 9.84 Å². The van der Waals surface area contributed by atoms with Crippen molar-refractivity contribution in [2.24, 2.45) is 0 Å². The van der Waals surface area contributed by atoms with Crippen LogP contribution in [0.25, 0.3) is 0 Å². The summed E-state index contributed by atoms with van der Waals surface area (Å²) in [6.45, 7) is 6.24. The number of aliphatic carboxylic acids is 1. The quantitative estimate of drug-likeness (QED) is 0.589. The fourth-order valence-corrected chi connectivity index (χ4v) is 1.38. The van der Waals surface area contributed by atoms with E-state index in [1.807, 2.05) is 0 Å². The number of hydrogen-bond donors (Lipinski definition) is 3. The van der Waals surface area contributed by atoms with Crippen molar-refractivity contribution in [2.75, 3.05) is 7.11 Å². The van der Waals surface area contributed by atoms with E-state index >= 15 is 0 Å². The first-order chi connectivity index (χ1) is 9.96. The van der Waals surface area contributed by atoms with Crippen molar-refractivity contribution < 1.29 is 33.8 Å². The predicted octanol–water partition coefficient (Wildman–Crippen LogP) is 0.0321. The van der Waals surface area contributed by atoms with Crippen LogP contribution in [-0.4, -0.2) is 53.8 Å². The van der Waals surface area contributed by atoms with Crippen LogP contribution in [-0.2, 0) is 23.9 Å². The second-order valence-electron chi connectivity index (χ2n) is 5.55. The average Bonchev–Trinajstić information content (AvgIpc) is 2.33. The molecule has 0 aromatic heterocycles. The van der Waals surface area contributed by atoms with Crippen molar-refractivity contribution in [1.82, 2.24) is 10.6 Å². The van der Waals surface area contributed by atoms with Gasteiger partial charge >= 0.3 is 18.0 Å². The summed E-state index contributed by atoms with van der Waals surface area (Å²) in [7, 11) is 1.15. The molecule has 9 nitrogen and oxygen atoms in total. The number of carbonyl (C=O) groups is 4. The van der Waals surface area contributed by atoms with Gasteiger partial charge in [-0.2, -0.15) is 0 Å². The van der Waals surface area contributed by atoms with E-state index in [0.717, 1.165) is 7.11 Å². The highest BCUT2D eigenvalue weighted by atomic mass is 16.6. The van der Waals surface area contributed by atoms with Crippen molar-refractivity contribution in [3.63, 3.8) is 0 Å². The lowest BCUT2D eigenvalue weighted by Crippen LogP contribution is -2.52.